The summed E-state index contributed by atoms with van der Waals surface area (Å²) >= 11 is 0. The van der Waals surface area contributed by atoms with Crippen LogP contribution in [0.3, 0.4) is 0 Å². The van der Waals surface area contributed by atoms with Crippen LogP contribution in [0.5, 0.6) is 0 Å². The van der Waals surface area contributed by atoms with Gasteiger partial charge >= 0.3 is 0 Å². The van der Waals surface area contributed by atoms with Gasteiger partial charge in [-0.15, -0.1) is 12.4 Å². The van der Waals surface area contributed by atoms with Gasteiger partial charge in [0, 0.05) is 31.2 Å². The molecule has 2 rings (SSSR count). The van der Waals surface area contributed by atoms with Gasteiger partial charge in [-0.1, -0.05) is 12.1 Å². The fraction of sp³-hybridized carbons (Fsp3) is 0.588. The van der Waals surface area contributed by atoms with E-state index >= 15 is 0 Å². The molecule has 1 aliphatic heterocycles. The molecular formula is C17H28ClN3O. The highest BCUT2D eigenvalue weighted by atomic mass is 35.5. The SMILES string of the molecule is CC(C)N(C)C(=O)C1CCN(Cc2cccc(N)c2)CC1.Cl. The van der Waals surface area contributed by atoms with Crippen LogP contribution >= 0.6 is 12.4 Å². The van der Waals surface area contributed by atoms with Crippen LogP contribution in [0, 0.1) is 5.92 Å². The second-order valence-corrected chi connectivity index (χ2v) is 6.34. The molecule has 2 N–H and O–H groups in total. The van der Waals surface area contributed by atoms with Gasteiger partial charge in [-0.3, -0.25) is 9.69 Å². The third kappa shape index (κ3) is 4.89. The molecule has 0 atom stereocenters. The van der Waals surface area contributed by atoms with E-state index in [0.29, 0.717) is 5.91 Å². The Hall–Kier alpha value is -1.26. The first-order chi connectivity index (χ1) is 9.97. The number of piperidine rings is 1. The highest BCUT2D eigenvalue weighted by Gasteiger charge is 2.27. The minimum Gasteiger partial charge on any atom is -0.399 e. The molecule has 0 saturated carbocycles. The molecule has 22 heavy (non-hydrogen) atoms. The molecule has 0 spiro atoms. The van der Waals surface area contributed by atoms with E-state index in [1.165, 1.54) is 5.56 Å². The van der Waals surface area contributed by atoms with Gasteiger partial charge < -0.3 is 10.6 Å². The molecular weight excluding hydrogens is 298 g/mol. The number of nitrogens with zero attached hydrogens (tertiary/aromatic N) is 2. The summed E-state index contributed by atoms with van der Waals surface area (Å²) in [4.78, 5) is 16.6. The molecule has 0 radical (unpaired) electrons. The Morgan fingerprint density at radius 2 is 2.00 bits per heavy atom. The van der Waals surface area contributed by atoms with Crippen molar-refractivity contribution < 1.29 is 4.79 Å². The largest absolute Gasteiger partial charge is 0.399 e. The number of halogens is 1. The number of carbonyl (C=O) groups excluding carboxylic acids is 1. The Balaban J connectivity index is 0.00000242. The van der Waals surface area contributed by atoms with Crippen molar-refractivity contribution in [3.8, 4) is 0 Å². The minimum atomic E-state index is 0. The molecule has 1 amide bonds. The topological polar surface area (TPSA) is 49.6 Å². The summed E-state index contributed by atoms with van der Waals surface area (Å²) in [5.41, 5.74) is 7.88. The highest BCUT2D eigenvalue weighted by molar-refractivity contribution is 5.85. The van der Waals surface area contributed by atoms with Crippen molar-refractivity contribution in [2.24, 2.45) is 5.92 Å². The molecule has 1 saturated heterocycles. The maximum Gasteiger partial charge on any atom is 0.225 e. The van der Waals surface area contributed by atoms with E-state index in [4.69, 9.17) is 5.73 Å². The summed E-state index contributed by atoms with van der Waals surface area (Å²) in [6, 6.07) is 8.33. The molecule has 0 bridgehead atoms. The van der Waals surface area contributed by atoms with Crippen LogP contribution < -0.4 is 5.73 Å². The first-order valence-electron chi connectivity index (χ1n) is 7.81. The van der Waals surface area contributed by atoms with E-state index in [9.17, 15) is 4.79 Å². The van der Waals surface area contributed by atoms with Gasteiger partial charge in [-0.2, -0.15) is 0 Å². The lowest BCUT2D eigenvalue weighted by Gasteiger charge is -2.34. The first kappa shape index (κ1) is 18.8. The van der Waals surface area contributed by atoms with Crippen LogP contribution in [0.4, 0.5) is 5.69 Å². The lowest BCUT2D eigenvalue weighted by atomic mass is 9.94. The van der Waals surface area contributed by atoms with Crippen molar-refractivity contribution in [2.45, 2.75) is 39.3 Å². The molecule has 1 aliphatic rings. The van der Waals surface area contributed by atoms with Crippen LogP contribution in [0.1, 0.15) is 32.3 Å². The number of benzene rings is 1. The average Bonchev–Trinajstić information content (AvgIpc) is 2.46. The minimum absolute atomic E-state index is 0. The number of anilines is 1. The maximum absolute atomic E-state index is 12.3. The standard InChI is InChI=1S/C17H27N3O.ClH/c1-13(2)19(3)17(21)15-7-9-20(10-8-15)12-14-5-4-6-16(18)11-14;/h4-6,11,13,15H,7-10,12,18H2,1-3H3;1H. The molecule has 4 nitrogen and oxygen atoms in total. The number of hydrogen-bond donors (Lipinski definition) is 1. The van der Waals surface area contributed by atoms with Crippen molar-refractivity contribution in [2.75, 3.05) is 25.9 Å². The van der Waals surface area contributed by atoms with Gasteiger partial charge in [0.1, 0.15) is 0 Å². The van der Waals surface area contributed by atoms with Crippen LogP contribution in [-0.4, -0.2) is 41.9 Å². The predicted molar refractivity (Wildman–Crippen MR) is 94.0 cm³/mol. The van der Waals surface area contributed by atoms with E-state index in [1.54, 1.807) is 0 Å². The average molecular weight is 326 g/mol. The number of nitrogens with two attached hydrogens (primary N) is 1. The lowest BCUT2D eigenvalue weighted by Crippen LogP contribution is -2.43. The monoisotopic (exact) mass is 325 g/mol. The summed E-state index contributed by atoms with van der Waals surface area (Å²) in [7, 11) is 1.91. The summed E-state index contributed by atoms with van der Waals surface area (Å²) < 4.78 is 0. The van der Waals surface area contributed by atoms with E-state index < -0.39 is 0 Å². The second-order valence-electron chi connectivity index (χ2n) is 6.34. The van der Waals surface area contributed by atoms with Crippen molar-refractivity contribution in [1.29, 1.82) is 0 Å². The van der Waals surface area contributed by atoms with E-state index in [1.807, 2.05) is 30.1 Å². The molecule has 0 aromatic heterocycles. The Kier molecular flexibility index (Phi) is 7.17. The Labute approximate surface area is 140 Å². The van der Waals surface area contributed by atoms with Crippen molar-refractivity contribution in [3.05, 3.63) is 29.8 Å². The first-order valence-corrected chi connectivity index (χ1v) is 7.81. The molecule has 1 heterocycles. The summed E-state index contributed by atoms with van der Waals surface area (Å²) in [5, 5.41) is 0. The van der Waals surface area contributed by atoms with Crippen LogP contribution in [0.25, 0.3) is 0 Å². The van der Waals surface area contributed by atoms with Gasteiger partial charge in [-0.05, 0) is 57.5 Å². The summed E-state index contributed by atoms with van der Waals surface area (Å²) in [6.07, 6.45) is 1.91. The zero-order valence-corrected chi connectivity index (χ0v) is 14.6. The van der Waals surface area contributed by atoms with Gasteiger partial charge in [0.05, 0.1) is 0 Å². The Morgan fingerprint density at radius 1 is 1.36 bits per heavy atom. The van der Waals surface area contributed by atoms with Crippen LogP contribution in [0.15, 0.2) is 24.3 Å². The van der Waals surface area contributed by atoms with Crippen molar-refractivity contribution in [3.63, 3.8) is 0 Å². The summed E-state index contributed by atoms with van der Waals surface area (Å²) in [5.74, 6) is 0.489. The molecule has 0 aliphatic carbocycles. The molecule has 0 unspecified atom stereocenters. The predicted octanol–water partition coefficient (Wildman–Crippen LogP) is 2.77. The number of likely N-dealkylation sites (tertiary alicyclic amines) is 1. The van der Waals surface area contributed by atoms with E-state index in [0.717, 1.165) is 38.2 Å². The second kappa shape index (κ2) is 8.39. The number of carbonyl (C=O) groups is 1. The molecule has 1 aromatic rings. The third-order valence-corrected chi connectivity index (χ3v) is 4.42. The summed E-state index contributed by atoms with van der Waals surface area (Å²) in [6.45, 7) is 7.01. The Morgan fingerprint density at radius 3 is 2.55 bits per heavy atom. The molecule has 5 heteroatoms. The van der Waals surface area contributed by atoms with Gasteiger partial charge in [0.25, 0.3) is 0 Å². The van der Waals surface area contributed by atoms with E-state index in [2.05, 4.69) is 24.8 Å². The quantitative estimate of drug-likeness (QED) is 0.866. The van der Waals surface area contributed by atoms with Crippen LogP contribution in [0.2, 0.25) is 0 Å². The molecule has 124 valence electrons. The smallest absolute Gasteiger partial charge is 0.225 e. The number of hydrogen-bond acceptors (Lipinski definition) is 3. The van der Waals surface area contributed by atoms with Crippen LogP contribution in [-0.2, 0) is 11.3 Å². The van der Waals surface area contributed by atoms with Gasteiger partial charge in [0.15, 0.2) is 0 Å². The lowest BCUT2D eigenvalue weighted by molar-refractivity contribution is -0.137. The zero-order valence-electron chi connectivity index (χ0n) is 13.8. The van der Waals surface area contributed by atoms with Crippen molar-refractivity contribution >= 4 is 24.0 Å². The fourth-order valence-electron chi connectivity index (χ4n) is 2.83. The normalized spacial score (nSPS) is 16.4. The van der Waals surface area contributed by atoms with Crippen molar-refractivity contribution in [1.82, 2.24) is 9.80 Å². The maximum atomic E-state index is 12.3. The molecule has 1 fully saturated rings. The fourth-order valence-corrected chi connectivity index (χ4v) is 2.83. The number of rotatable bonds is 4. The highest BCUT2D eigenvalue weighted by Crippen LogP contribution is 2.22. The Bertz CT molecular complexity index is 485. The van der Waals surface area contributed by atoms with Gasteiger partial charge in [-0.25, -0.2) is 0 Å². The third-order valence-electron chi connectivity index (χ3n) is 4.42. The number of amides is 1. The van der Waals surface area contributed by atoms with E-state index in [-0.39, 0.29) is 24.4 Å². The van der Waals surface area contributed by atoms with Gasteiger partial charge in [0.2, 0.25) is 5.91 Å². The number of nitrogen functional groups attached to an aromatic ring is 1. The molecule has 1 aromatic carbocycles. The zero-order chi connectivity index (χ0) is 15.4.